The number of aromatic amines is 1. The Morgan fingerprint density at radius 3 is 2.50 bits per heavy atom. The molecule has 0 radical (unpaired) electrons. The van der Waals surface area contributed by atoms with Crippen LogP contribution in [-0.4, -0.2) is 40.5 Å². The molecule has 0 bridgehead atoms. The lowest BCUT2D eigenvalue weighted by molar-refractivity contribution is 0.425. The van der Waals surface area contributed by atoms with Crippen LogP contribution in [0.2, 0.25) is 0 Å². The topological polar surface area (TPSA) is 105 Å². The summed E-state index contributed by atoms with van der Waals surface area (Å²) in [6.07, 6.45) is 0.713. The van der Waals surface area contributed by atoms with Crippen LogP contribution >= 0.6 is 0 Å². The molecule has 2 heterocycles. The highest BCUT2D eigenvalue weighted by Gasteiger charge is 2.11. The van der Waals surface area contributed by atoms with Gasteiger partial charge >= 0.3 is 6.01 Å². The zero-order valence-electron chi connectivity index (χ0n) is 14.2. The van der Waals surface area contributed by atoms with Crippen LogP contribution in [0.15, 0.2) is 48.5 Å². The van der Waals surface area contributed by atoms with Crippen LogP contribution in [0.3, 0.4) is 0 Å². The molecule has 8 heteroatoms. The van der Waals surface area contributed by atoms with E-state index in [-0.39, 0.29) is 6.01 Å². The number of aromatic nitrogens is 7. The van der Waals surface area contributed by atoms with Gasteiger partial charge in [-0.25, -0.2) is 9.78 Å². The lowest BCUT2D eigenvalue weighted by Gasteiger charge is -2.09. The number of H-pyrrole nitrogens is 1. The van der Waals surface area contributed by atoms with Gasteiger partial charge in [0.2, 0.25) is 0 Å². The summed E-state index contributed by atoms with van der Waals surface area (Å²) in [4.78, 5) is 4.02. The second-order valence-electron chi connectivity index (χ2n) is 5.83. The molecule has 0 amide bonds. The fourth-order valence-electron chi connectivity index (χ4n) is 2.93. The molecule has 2 aromatic heterocycles. The molecule has 8 nitrogen and oxygen atoms in total. The Morgan fingerprint density at radius 2 is 1.81 bits per heavy atom. The van der Waals surface area contributed by atoms with Gasteiger partial charge < -0.3 is 5.11 Å². The van der Waals surface area contributed by atoms with Crippen LogP contribution < -0.4 is 0 Å². The maximum atomic E-state index is 9.49. The first-order chi connectivity index (χ1) is 12.7. The Labute approximate surface area is 149 Å². The van der Waals surface area contributed by atoms with Crippen LogP contribution in [0.4, 0.5) is 0 Å². The first-order valence-electron chi connectivity index (χ1n) is 8.29. The summed E-state index contributed by atoms with van der Waals surface area (Å²) in [6.45, 7) is 2.54. The van der Waals surface area contributed by atoms with Gasteiger partial charge in [0.15, 0.2) is 5.82 Å². The molecule has 4 aromatic rings. The normalized spacial score (nSPS) is 11.0. The van der Waals surface area contributed by atoms with E-state index in [9.17, 15) is 5.11 Å². The van der Waals surface area contributed by atoms with E-state index in [4.69, 9.17) is 0 Å². The SMILES string of the molecule is CCc1nc(O)nn1Cc1ccc(-c2ccccc2-c2nnn[nH]2)cc1. The van der Waals surface area contributed by atoms with Crippen molar-refractivity contribution < 1.29 is 5.11 Å². The molecule has 26 heavy (non-hydrogen) atoms. The Bertz CT molecular complexity index is 1010. The highest BCUT2D eigenvalue weighted by atomic mass is 16.3. The maximum absolute atomic E-state index is 9.49. The van der Waals surface area contributed by atoms with Gasteiger partial charge in [-0.15, -0.1) is 10.2 Å². The van der Waals surface area contributed by atoms with E-state index < -0.39 is 0 Å². The number of tetrazole rings is 1. The molecule has 0 unspecified atom stereocenters. The van der Waals surface area contributed by atoms with E-state index in [1.165, 1.54) is 0 Å². The molecule has 0 aliphatic heterocycles. The molecular formula is C18H17N7O. The smallest absolute Gasteiger partial charge is 0.333 e. The van der Waals surface area contributed by atoms with Gasteiger partial charge in [-0.2, -0.15) is 4.98 Å². The quantitative estimate of drug-likeness (QED) is 0.574. The molecule has 4 rings (SSSR count). The van der Waals surface area contributed by atoms with Gasteiger partial charge in [-0.05, 0) is 27.1 Å². The van der Waals surface area contributed by atoms with Crippen molar-refractivity contribution in [1.29, 1.82) is 0 Å². The third kappa shape index (κ3) is 3.04. The summed E-state index contributed by atoms with van der Waals surface area (Å²) in [5.74, 6) is 1.39. The molecule has 0 aliphatic rings. The average Bonchev–Trinajstić information content (AvgIpc) is 3.32. The number of nitrogens with zero attached hydrogens (tertiary/aromatic N) is 6. The largest absolute Gasteiger partial charge is 0.478 e. The summed E-state index contributed by atoms with van der Waals surface area (Å²) in [5, 5.41) is 27.7. The Kier molecular flexibility index (Phi) is 4.14. The molecule has 0 aliphatic carbocycles. The van der Waals surface area contributed by atoms with Gasteiger partial charge in [0.1, 0.15) is 5.82 Å². The Hall–Kier alpha value is -3.55. The summed E-state index contributed by atoms with van der Waals surface area (Å²) < 4.78 is 1.72. The first-order valence-corrected chi connectivity index (χ1v) is 8.29. The molecule has 0 fully saturated rings. The van der Waals surface area contributed by atoms with Crippen LogP contribution in [0.5, 0.6) is 6.01 Å². The van der Waals surface area contributed by atoms with E-state index in [0.717, 1.165) is 28.1 Å². The third-order valence-corrected chi connectivity index (χ3v) is 4.18. The first kappa shape index (κ1) is 15.9. The number of aromatic hydroxyl groups is 1. The fraction of sp³-hybridized carbons (Fsp3) is 0.167. The highest BCUT2D eigenvalue weighted by molar-refractivity contribution is 5.80. The summed E-state index contributed by atoms with van der Waals surface area (Å²) >= 11 is 0. The van der Waals surface area contributed by atoms with Crippen molar-refractivity contribution in [3.8, 4) is 28.5 Å². The second-order valence-corrected chi connectivity index (χ2v) is 5.83. The van der Waals surface area contributed by atoms with Crippen molar-refractivity contribution in [2.24, 2.45) is 0 Å². The van der Waals surface area contributed by atoms with Crippen LogP contribution in [0.1, 0.15) is 18.3 Å². The highest BCUT2D eigenvalue weighted by Crippen LogP contribution is 2.29. The van der Waals surface area contributed by atoms with Gasteiger partial charge in [-0.1, -0.05) is 55.5 Å². The number of hydrogen-bond acceptors (Lipinski definition) is 6. The van der Waals surface area contributed by atoms with E-state index in [1.54, 1.807) is 4.68 Å². The molecule has 0 saturated heterocycles. The molecule has 0 saturated carbocycles. The number of hydrogen-bond donors (Lipinski definition) is 2. The summed E-state index contributed by atoms with van der Waals surface area (Å²) in [7, 11) is 0. The van der Waals surface area contributed by atoms with E-state index in [0.29, 0.717) is 18.8 Å². The van der Waals surface area contributed by atoms with Gasteiger partial charge in [0.05, 0.1) is 6.54 Å². The molecular weight excluding hydrogens is 330 g/mol. The predicted molar refractivity (Wildman–Crippen MR) is 95.2 cm³/mol. The number of rotatable bonds is 5. The molecule has 2 aromatic carbocycles. The van der Waals surface area contributed by atoms with Crippen LogP contribution in [0.25, 0.3) is 22.5 Å². The van der Waals surface area contributed by atoms with Crippen molar-refractivity contribution in [3.63, 3.8) is 0 Å². The average molecular weight is 347 g/mol. The number of nitrogens with one attached hydrogen (secondary N) is 1. The standard InChI is InChI=1S/C18H17N7O/c1-2-16-19-18(26)22-25(16)11-12-7-9-13(10-8-12)14-5-3-4-6-15(14)17-20-23-24-21-17/h3-10H,2,11H2,1H3,(H,22,26)(H,20,21,23,24). The van der Waals surface area contributed by atoms with Crippen LogP contribution in [-0.2, 0) is 13.0 Å². The fourth-order valence-corrected chi connectivity index (χ4v) is 2.93. The number of benzene rings is 2. The van der Waals surface area contributed by atoms with Crippen LogP contribution in [0, 0.1) is 0 Å². The monoisotopic (exact) mass is 347 g/mol. The van der Waals surface area contributed by atoms with Crippen molar-refractivity contribution in [1.82, 2.24) is 35.4 Å². The minimum absolute atomic E-state index is 0.187. The van der Waals surface area contributed by atoms with E-state index in [1.807, 2.05) is 43.3 Å². The number of aryl methyl sites for hydroxylation is 1. The minimum atomic E-state index is -0.187. The molecule has 130 valence electrons. The van der Waals surface area contributed by atoms with Gasteiger partial charge in [-0.3, -0.25) is 0 Å². The summed E-state index contributed by atoms with van der Waals surface area (Å²) in [6, 6.07) is 16.0. The van der Waals surface area contributed by atoms with Gasteiger partial charge in [0.25, 0.3) is 0 Å². The third-order valence-electron chi connectivity index (χ3n) is 4.18. The van der Waals surface area contributed by atoms with E-state index >= 15 is 0 Å². The van der Waals surface area contributed by atoms with Gasteiger partial charge in [0, 0.05) is 12.0 Å². The zero-order chi connectivity index (χ0) is 17.9. The summed E-state index contributed by atoms with van der Waals surface area (Å²) in [5.41, 5.74) is 4.13. The Morgan fingerprint density at radius 1 is 1.04 bits per heavy atom. The minimum Gasteiger partial charge on any atom is -0.478 e. The molecule has 0 atom stereocenters. The van der Waals surface area contributed by atoms with Crippen molar-refractivity contribution in [3.05, 3.63) is 59.9 Å². The van der Waals surface area contributed by atoms with Crippen molar-refractivity contribution in [2.45, 2.75) is 19.9 Å². The van der Waals surface area contributed by atoms with Crippen molar-refractivity contribution in [2.75, 3.05) is 0 Å². The van der Waals surface area contributed by atoms with E-state index in [2.05, 4.69) is 42.8 Å². The lowest BCUT2D eigenvalue weighted by atomic mass is 9.98. The predicted octanol–water partition coefficient (Wildman–Crippen LogP) is 2.44. The van der Waals surface area contributed by atoms with Crippen molar-refractivity contribution >= 4 is 0 Å². The molecule has 2 N–H and O–H groups in total. The molecule has 0 spiro atoms. The lowest BCUT2D eigenvalue weighted by Crippen LogP contribution is -2.06. The Balaban J connectivity index is 1.63. The second kappa shape index (κ2) is 6.75. The zero-order valence-corrected chi connectivity index (χ0v) is 14.2. The maximum Gasteiger partial charge on any atom is 0.333 e.